The predicted molar refractivity (Wildman–Crippen MR) is 98.0 cm³/mol. The largest absolute Gasteiger partial charge is 0.438 e. The van der Waals surface area contributed by atoms with Gasteiger partial charge in [0, 0.05) is 18.5 Å². The van der Waals surface area contributed by atoms with Gasteiger partial charge < -0.3 is 9.64 Å². The van der Waals surface area contributed by atoms with Crippen molar-refractivity contribution in [1.29, 1.82) is 0 Å². The van der Waals surface area contributed by atoms with E-state index in [1.807, 2.05) is 35.2 Å². The summed E-state index contributed by atoms with van der Waals surface area (Å²) in [5.41, 5.74) is 0.378. The quantitative estimate of drug-likeness (QED) is 0.682. The third kappa shape index (κ3) is 3.38. The molecule has 0 unspecified atom stereocenters. The van der Waals surface area contributed by atoms with Gasteiger partial charge in [0.15, 0.2) is 0 Å². The van der Waals surface area contributed by atoms with Crippen LogP contribution in [0.4, 0.5) is 4.39 Å². The van der Waals surface area contributed by atoms with Gasteiger partial charge in [-0.25, -0.2) is 9.37 Å². The molecule has 1 amide bonds. The number of hydrogen-bond acceptors (Lipinski definition) is 3. The molecule has 132 valence electrons. The Labute approximate surface area is 151 Å². The van der Waals surface area contributed by atoms with Crippen molar-refractivity contribution in [3.05, 3.63) is 66.1 Å². The molecule has 0 atom stereocenters. The first-order valence-electron chi connectivity index (χ1n) is 8.83. The first-order valence-corrected chi connectivity index (χ1v) is 8.83. The normalized spacial score (nSPS) is 14.4. The average molecular weight is 350 g/mol. The topological polar surface area (TPSA) is 42.4 Å². The molecule has 1 aromatic heterocycles. The van der Waals surface area contributed by atoms with E-state index in [-0.39, 0.29) is 11.7 Å². The Bertz CT molecular complexity index is 934. The summed E-state index contributed by atoms with van der Waals surface area (Å²) in [4.78, 5) is 19.2. The van der Waals surface area contributed by atoms with Crippen molar-refractivity contribution in [2.75, 3.05) is 13.1 Å². The number of nitrogens with zero attached hydrogens (tertiary/aromatic N) is 2. The Morgan fingerprint density at radius 3 is 2.50 bits per heavy atom. The highest BCUT2D eigenvalue weighted by Gasteiger charge is 2.21. The van der Waals surface area contributed by atoms with E-state index in [4.69, 9.17) is 4.74 Å². The zero-order chi connectivity index (χ0) is 17.9. The Morgan fingerprint density at radius 1 is 1.00 bits per heavy atom. The van der Waals surface area contributed by atoms with Crippen molar-refractivity contribution < 1.29 is 13.9 Å². The molecule has 5 heteroatoms. The van der Waals surface area contributed by atoms with Gasteiger partial charge >= 0.3 is 0 Å². The lowest BCUT2D eigenvalue weighted by Crippen LogP contribution is -2.36. The maximum atomic E-state index is 13.1. The van der Waals surface area contributed by atoms with Crippen LogP contribution in [0, 0.1) is 5.82 Å². The van der Waals surface area contributed by atoms with Crippen molar-refractivity contribution in [2.24, 2.45) is 0 Å². The monoisotopic (exact) mass is 350 g/mol. The number of aromatic nitrogens is 1. The highest BCUT2D eigenvalue weighted by Crippen LogP contribution is 2.29. The Morgan fingerprint density at radius 2 is 1.73 bits per heavy atom. The molecule has 0 saturated carbocycles. The fourth-order valence-corrected chi connectivity index (χ4v) is 3.23. The van der Waals surface area contributed by atoms with Crippen LogP contribution < -0.4 is 4.74 Å². The highest BCUT2D eigenvalue weighted by atomic mass is 19.1. The first-order chi connectivity index (χ1) is 12.7. The molecule has 26 heavy (non-hydrogen) atoms. The number of carbonyl (C=O) groups excluding carboxylic acids is 1. The Kier molecular flexibility index (Phi) is 4.52. The molecule has 1 aliphatic heterocycles. The van der Waals surface area contributed by atoms with E-state index in [0.717, 1.165) is 43.1 Å². The second-order valence-corrected chi connectivity index (χ2v) is 6.44. The van der Waals surface area contributed by atoms with Crippen molar-refractivity contribution >= 4 is 16.7 Å². The van der Waals surface area contributed by atoms with Crippen LogP contribution in [-0.4, -0.2) is 28.9 Å². The van der Waals surface area contributed by atoms with Crippen LogP contribution in [0.1, 0.15) is 29.8 Å². The molecule has 2 aromatic carbocycles. The van der Waals surface area contributed by atoms with Crippen molar-refractivity contribution in [3.63, 3.8) is 0 Å². The van der Waals surface area contributed by atoms with Gasteiger partial charge in [0.05, 0.1) is 0 Å². The fraction of sp³-hybridized carbons (Fsp3) is 0.238. The molecule has 0 radical (unpaired) electrons. The summed E-state index contributed by atoms with van der Waals surface area (Å²) in [6.07, 6.45) is 3.21. The number of ether oxygens (including phenoxy) is 1. The molecule has 0 N–H and O–H groups in total. The molecule has 0 spiro atoms. The molecule has 1 saturated heterocycles. The number of amides is 1. The van der Waals surface area contributed by atoms with Crippen LogP contribution in [0.5, 0.6) is 11.6 Å². The highest BCUT2D eigenvalue weighted by molar-refractivity contribution is 5.98. The van der Waals surface area contributed by atoms with Crippen LogP contribution in [-0.2, 0) is 0 Å². The van der Waals surface area contributed by atoms with E-state index in [9.17, 15) is 9.18 Å². The number of rotatable bonds is 3. The second-order valence-electron chi connectivity index (χ2n) is 6.44. The van der Waals surface area contributed by atoms with Gasteiger partial charge in [-0.2, -0.15) is 0 Å². The van der Waals surface area contributed by atoms with E-state index in [1.165, 1.54) is 12.1 Å². The van der Waals surface area contributed by atoms with Crippen LogP contribution in [0.3, 0.4) is 0 Å². The van der Waals surface area contributed by atoms with E-state index < -0.39 is 0 Å². The van der Waals surface area contributed by atoms with Gasteiger partial charge in [-0.05, 0) is 61.0 Å². The zero-order valence-electron chi connectivity index (χ0n) is 14.3. The number of halogens is 1. The summed E-state index contributed by atoms with van der Waals surface area (Å²) >= 11 is 0. The fourth-order valence-electron chi connectivity index (χ4n) is 3.23. The van der Waals surface area contributed by atoms with E-state index in [2.05, 4.69) is 4.98 Å². The summed E-state index contributed by atoms with van der Waals surface area (Å²) in [5.74, 6) is 0.435. The van der Waals surface area contributed by atoms with Crippen LogP contribution in [0.15, 0.2) is 54.6 Å². The SMILES string of the molecule is O=C(c1cc2ccccc2c(Oc2ccc(F)cc2)n1)N1CCCCC1. The lowest BCUT2D eigenvalue weighted by Gasteiger charge is -2.26. The summed E-state index contributed by atoms with van der Waals surface area (Å²) in [7, 11) is 0. The molecule has 1 fully saturated rings. The van der Waals surface area contributed by atoms with Crippen LogP contribution >= 0.6 is 0 Å². The van der Waals surface area contributed by atoms with Gasteiger partial charge in [-0.3, -0.25) is 4.79 Å². The van der Waals surface area contributed by atoms with Gasteiger partial charge in [-0.1, -0.05) is 18.2 Å². The molecular formula is C21H19FN2O2. The van der Waals surface area contributed by atoms with Gasteiger partial charge in [0.2, 0.25) is 5.88 Å². The predicted octanol–water partition coefficient (Wildman–Crippen LogP) is 4.79. The molecule has 0 aliphatic carbocycles. The van der Waals surface area contributed by atoms with Crippen LogP contribution in [0.2, 0.25) is 0 Å². The standard InChI is InChI=1S/C21H19FN2O2/c22-16-8-10-17(11-9-16)26-20-18-7-3-2-6-15(18)14-19(23-20)21(25)24-12-4-1-5-13-24/h2-3,6-11,14H,1,4-5,12-13H2. The maximum Gasteiger partial charge on any atom is 0.272 e. The molecule has 3 aromatic rings. The number of benzene rings is 2. The molecular weight excluding hydrogens is 331 g/mol. The summed E-state index contributed by atoms with van der Waals surface area (Å²) in [5, 5.41) is 1.70. The number of hydrogen-bond donors (Lipinski definition) is 0. The number of likely N-dealkylation sites (tertiary alicyclic amines) is 1. The first kappa shape index (κ1) is 16.5. The van der Waals surface area contributed by atoms with Gasteiger partial charge in [-0.15, -0.1) is 0 Å². The van der Waals surface area contributed by atoms with Gasteiger partial charge in [0.25, 0.3) is 5.91 Å². The smallest absolute Gasteiger partial charge is 0.272 e. The lowest BCUT2D eigenvalue weighted by molar-refractivity contribution is 0.0718. The van der Waals surface area contributed by atoms with Crippen LogP contribution in [0.25, 0.3) is 10.8 Å². The molecule has 2 heterocycles. The summed E-state index contributed by atoms with van der Waals surface area (Å²) < 4.78 is 19.0. The van der Waals surface area contributed by atoms with Crippen molar-refractivity contribution in [3.8, 4) is 11.6 Å². The van der Waals surface area contributed by atoms with Crippen molar-refractivity contribution in [2.45, 2.75) is 19.3 Å². The Hall–Kier alpha value is -2.95. The maximum absolute atomic E-state index is 13.1. The van der Waals surface area contributed by atoms with Crippen molar-refractivity contribution in [1.82, 2.24) is 9.88 Å². The number of fused-ring (bicyclic) bond motifs is 1. The lowest BCUT2D eigenvalue weighted by atomic mass is 10.1. The molecule has 1 aliphatic rings. The third-order valence-corrected chi connectivity index (χ3v) is 4.60. The summed E-state index contributed by atoms with van der Waals surface area (Å²) in [6.45, 7) is 1.53. The number of carbonyl (C=O) groups is 1. The molecule has 0 bridgehead atoms. The number of piperidine rings is 1. The minimum absolute atomic E-state index is 0.0700. The molecule has 4 nitrogen and oxygen atoms in total. The minimum atomic E-state index is -0.329. The van der Waals surface area contributed by atoms with E-state index in [0.29, 0.717) is 17.3 Å². The third-order valence-electron chi connectivity index (χ3n) is 4.60. The Balaban J connectivity index is 1.73. The minimum Gasteiger partial charge on any atom is -0.438 e. The van der Waals surface area contributed by atoms with E-state index in [1.54, 1.807) is 12.1 Å². The molecule has 4 rings (SSSR count). The second kappa shape index (κ2) is 7.12. The average Bonchev–Trinajstić information content (AvgIpc) is 2.69. The van der Waals surface area contributed by atoms with Gasteiger partial charge in [0.1, 0.15) is 17.3 Å². The number of pyridine rings is 1. The van der Waals surface area contributed by atoms with E-state index >= 15 is 0 Å². The zero-order valence-corrected chi connectivity index (χ0v) is 14.3. The summed E-state index contributed by atoms with van der Waals surface area (Å²) in [6, 6.07) is 15.2.